The Kier molecular flexibility index (Phi) is 5.65. The van der Waals surface area contributed by atoms with Crippen molar-refractivity contribution < 1.29 is 41.2 Å². The third-order valence-electron chi connectivity index (χ3n) is 4.27. The van der Waals surface area contributed by atoms with E-state index in [1.165, 1.54) is 13.8 Å². The van der Waals surface area contributed by atoms with Gasteiger partial charge >= 0.3 is 19.8 Å². The molecule has 25 heavy (non-hydrogen) atoms. The zero-order valence-electron chi connectivity index (χ0n) is 14.1. The van der Waals surface area contributed by atoms with Crippen LogP contribution in [0.1, 0.15) is 33.3 Å². The van der Waals surface area contributed by atoms with Crippen LogP contribution in [0.5, 0.6) is 0 Å². The predicted octanol–water partition coefficient (Wildman–Crippen LogP) is 2.54. The molecular formula is C15H19BF6O3. The Labute approximate surface area is 141 Å². The van der Waals surface area contributed by atoms with Gasteiger partial charge in [-0.15, -0.1) is 0 Å². The number of benzene rings is 1. The lowest BCUT2D eigenvalue weighted by Crippen LogP contribution is -2.54. The monoisotopic (exact) mass is 372 g/mol. The summed E-state index contributed by atoms with van der Waals surface area (Å²) in [6.45, 7) is 6.19. The van der Waals surface area contributed by atoms with Crippen molar-refractivity contribution in [2.75, 3.05) is 0 Å². The van der Waals surface area contributed by atoms with Crippen molar-refractivity contribution in [1.82, 2.24) is 0 Å². The number of alkyl halides is 6. The lowest BCUT2D eigenvalue weighted by atomic mass is 9.81. The molecule has 0 heterocycles. The van der Waals surface area contributed by atoms with Gasteiger partial charge in [-0.25, -0.2) is 0 Å². The van der Waals surface area contributed by atoms with Crippen LogP contribution in [0, 0.1) is 0 Å². The van der Waals surface area contributed by atoms with Crippen molar-refractivity contribution in [3.05, 3.63) is 29.8 Å². The van der Waals surface area contributed by atoms with Gasteiger partial charge in [0.25, 0.3) is 5.60 Å². The molecule has 1 aromatic rings. The SMILES string of the molecule is CC(C)(O)C(C)(C)OBc1ccc(C(O)(C(F)(F)F)C(F)(F)F)cc1. The average Bonchev–Trinajstić information content (AvgIpc) is 2.41. The van der Waals surface area contributed by atoms with Crippen molar-refractivity contribution in [3.63, 3.8) is 0 Å². The first kappa shape index (κ1) is 21.8. The highest BCUT2D eigenvalue weighted by molar-refractivity contribution is 6.47. The highest BCUT2D eigenvalue weighted by Crippen LogP contribution is 2.49. The van der Waals surface area contributed by atoms with Crippen LogP contribution < -0.4 is 5.46 Å². The molecule has 0 amide bonds. The van der Waals surface area contributed by atoms with Crippen molar-refractivity contribution in [2.45, 2.75) is 56.9 Å². The molecule has 0 radical (unpaired) electrons. The van der Waals surface area contributed by atoms with Crippen LogP contribution >= 0.6 is 0 Å². The normalized spacial score (nSPS) is 14.6. The van der Waals surface area contributed by atoms with Crippen LogP contribution in [0.2, 0.25) is 0 Å². The van der Waals surface area contributed by atoms with Gasteiger partial charge in [0.1, 0.15) is 0 Å². The molecule has 1 rings (SSSR count). The molecule has 0 spiro atoms. The summed E-state index contributed by atoms with van der Waals surface area (Å²) in [4.78, 5) is 0. The number of hydrogen-bond donors (Lipinski definition) is 2. The summed E-state index contributed by atoms with van der Waals surface area (Å²) in [7, 11) is -0.145. The minimum atomic E-state index is -5.92. The quantitative estimate of drug-likeness (QED) is 0.617. The van der Waals surface area contributed by atoms with E-state index in [1.54, 1.807) is 13.8 Å². The smallest absolute Gasteiger partial charge is 0.427 e. The Hall–Kier alpha value is -1.26. The molecule has 0 unspecified atom stereocenters. The Balaban J connectivity index is 3.07. The summed E-state index contributed by atoms with van der Waals surface area (Å²) in [5.41, 5.74) is -8.23. The second kappa shape index (κ2) is 6.48. The van der Waals surface area contributed by atoms with Gasteiger partial charge in [-0.05, 0) is 27.7 Å². The maximum atomic E-state index is 12.8. The van der Waals surface area contributed by atoms with E-state index < -0.39 is 34.7 Å². The van der Waals surface area contributed by atoms with E-state index in [0.717, 1.165) is 12.1 Å². The fourth-order valence-electron chi connectivity index (χ4n) is 1.77. The maximum Gasteiger partial charge on any atom is 0.430 e. The first-order chi connectivity index (χ1) is 10.9. The molecule has 0 aliphatic carbocycles. The summed E-state index contributed by atoms with van der Waals surface area (Å²) in [6, 6.07) is 3.10. The first-order valence-electron chi connectivity index (χ1n) is 7.25. The zero-order chi connectivity index (χ0) is 19.9. The number of hydrogen-bond acceptors (Lipinski definition) is 3. The highest BCUT2D eigenvalue weighted by atomic mass is 19.4. The van der Waals surface area contributed by atoms with Crippen molar-refractivity contribution in [3.8, 4) is 0 Å². The summed E-state index contributed by atoms with van der Waals surface area (Å²) in [6.07, 6.45) is -11.8. The van der Waals surface area contributed by atoms with Crippen LogP contribution in [-0.4, -0.2) is 41.3 Å². The Morgan fingerprint density at radius 2 is 1.20 bits per heavy atom. The van der Waals surface area contributed by atoms with E-state index in [4.69, 9.17) is 4.65 Å². The zero-order valence-corrected chi connectivity index (χ0v) is 14.1. The highest BCUT2D eigenvalue weighted by Gasteiger charge is 2.71. The lowest BCUT2D eigenvalue weighted by Gasteiger charge is -2.37. The summed E-state index contributed by atoms with van der Waals surface area (Å²) < 4.78 is 82.3. The van der Waals surface area contributed by atoms with E-state index in [-0.39, 0.29) is 12.9 Å². The minimum Gasteiger partial charge on any atom is -0.427 e. The van der Waals surface area contributed by atoms with Crippen LogP contribution in [0.3, 0.4) is 0 Å². The van der Waals surface area contributed by atoms with Gasteiger partial charge in [-0.3, -0.25) is 0 Å². The topological polar surface area (TPSA) is 49.7 Å². The van der Waals surface area contributed by atoms with Gasteiger partial charge in [0.05, 0.1) is 11.2 Å². The molecule has 1 aromatic carbocycles. The van der Waals surface area contributed by atoms with Gasteiger partial charge in [-0.1, -0.05) is 29.7 Å². The fraction of sp³-hybridized carbons (Fsp3) is 0.600. The number of aliphatic hydroxyl groups is 2. The number of rotatable bonds is 5. The summed E-state index contributed by atoms with van der Waals surface area (Å²) >= 11 is 0. The second-order valence-electron chi connectivity index (χ2n) is 6.76. The van der Waals surface area contributed by atoms with Crippen LogP contribution in [-0.2, 0) is 10.3 Å². The number of halogens is 6. The molecule has 0 bridgehead atoms. The van der Waals surface area contributed by atoms with Crippen LogP contribution in [0.15, 0.2) is 24.3 Å². The minimum absolute atomic E-state index is 0.145. The summed E-state index contributed by atoms with van der Waals surface area (Å²) in [5.74, 6) is 0. The fourth-order valence-corrected chi connectivity index (χ4v) is 1.77. The standard InChI is InChI=1S/C15H19BF6O3/c1-11(2,23)12(3,4)25-16-10-7-5-9(6-8-10)13(24,14(17,18)19)15(20,21)22/h5-8,16,23-24H,1-4H3. The molecule has 0 saturated carbocycles. The van der Waals surface area contributed by atoms with E-state index in [0.29, 0.717) is 12.1 Å². The largest absolute Gasteiger partial charge is 0.430 e. The van der Waals surface area contributed by atoms with Crippen LogP contribution in [0.4, 0.5) is 26.3 Å². The van der Waals surface area contributed by atoms with Gasteiger partial charge in [0.2, 0.25) is 0 Å². The van der Waals surface area contributed by atoms with Gasteiger partial charge in [0, 0.05) is 5.56 Å². The first-order valence-corrected chi connectivity index (χ1v) is 7.25. The van der Waals surface area contributed by atoms with Crippen molar-refractivity contribution in [2.24, 2.45) is 0 Å². The molecule has 142 valence electrons. The Morgan fingerprint density at radius 3 is 1.52 bits per heavy atom. The van der Waals surface area contributed by atoms with E-state index >= 15 is 0 Å². The summed E-state index contributed by atoms with van der Waals surface area (Å²) in [5, 5.41) is 19.2. The van der Waals surface area contributed by atoms with Gasteiger partial charge in [-0.2, -0.15) is 26.3 Å². The molecule has 0 aliphatic rings. The molecule has 3 nitrogen and oxygen atoms in total. The molecule has 0 aliphatic heterocycles. The third-order valence-corrected chi connectivity index (χ3v) is 4.27. The Morgan fingerprint density at radius 1 is 0.800 bits per heavy atom. The average molecular weight is 372 g/mol. The maximum absolute atomic E-state index is 12.8. The molecule has 2 N–H and O–H groups in total. The second-order valence-corrected chi connectivity index (χ2v) is 6.76. The van der Waals surface area contributed by atoms with Crippen molar-refractivity contribution in [1.29, 1.82) is 0 Å². The van der Waals surface area contributed by atoms with E-state index in [1.807, 2.05) is 0 Å². The molecular weight excluding hydrogens is 353 g/mol. The van der Waals surface area contributed by atoms with Gasteiger partial charge in [0.15, 0.2) is 0 Å². The molecule has 0 atom stereocenters. The lowest BCUT2D eigenvalue weighted by molar-refractivity contribution is -0.376. The van der Waals surface area contributed by atoms with Crippen LogP contribution in [0.25, 0.3) is 0 Å². The molecule has 0 saturated heterocycles. The predicted molar refractivity (Wildman–Crippen MR) is 80.7 cm³/mol. The van der Waals surface area contributed by atoms with Gasteiger partial charge < -0.3 is 14.9 Å². The molecule has 0 aromatic heterocycles. The molecule has 0 fully saturated rings. The molecule has 10 heteroatoms. The third kappa shape index (κ3) is 4.29. The van der Waals surface area contributed by atoms with E-state index in [2.05, 4.69) is 0 Å². The Bertz CT molecular complexity index is 573. The van der Waals surface area contributed by atoms with Crippen molar-refractivity contribution >= 4 is 12.9 Å². The van der Waals surface area contributed by atoms with E-state index in [9.17, 15) is 36.6 Å².